The monoisotopic (exact) mass is 405 g/mol. The number of H-pyrrole nitrogens is 1. The highest BCUT2D eigenvalue weighted by atomic mass is 19.4. The van der Waals surface area contributed by atoms with E-state index in [-0.39, 0.29) is 16.9 Å². The maximum absolute atomic E-state index is 14.2. The van der Waals surface area contributed by atoms with Crippen LogP contribution in [-0.2, 0) is 6.18 Å². The Morgan fingerprint density at radius 3 is 2.31 bits per heavy atom. The van der Waals surface area contributed by atoms with E-state index in [1.165, 1.54) is 18.2 Å². The third-order valence-corrected chi connectivity index (χ3v) is 4.51. The van der Waals surface area contributed by atoms with Crippen LogP contribution in [0.25, 0.3) is 28.0 Å². The summed E-state index contributed by atoms with van der Waals surface area (Å²) >= 11 is 0. The second kappa shape index (κ2) is 6.54. The Bertz CT molecular complexity index is 1290. The van der Waals surface area contributed by atoms with Gasteiger partial charge in [-0.2, -0.15) is 22.8 Å². The van der Waals surface area contributed by atoms with E-state index >= 15 is 0 Å². The minimum absolute atomic E-state index is 0.0248. The molecule has 2 heterocycles. The molecule has 4 rings (SSSR count). The van der Waals surface area contributed by atoms with Crippen LogP contribution in [0.15, 0.2) is 53.3 Å². The lowest BCUT2D eigenvalue weighted by atomic mass is 10.0. The van der Waals surface area contributed by atoms with Crippen LogP contribution in [0.1, 0.15) is 11.3 Å². The van der Waals surface area contributed by atoms with Crippen LogP contribution < -0.4 is 5.56 Å². The van der Waals surface area contributed by atoms with E-state index in [2.05, 4.69) is 10.1 Å². The maximum Gasteiger partial charge on any atom is 0.416 e. The van der Waals surface area contributed by atoms with E-state index in [1.54, 1.807) is 6.92 Å². The number of fused-ring (bicyclic) bond motifs is 1. The minimum atomic E-state index is -4.48. The van der Waals surface area contributed by atoms with Crippen LogP contribution in [0, 0.1) is 18.6 Å². The number of benzene rings is 2. The topological polar surface area (TPSA) is 50.2 Å². The molecule has 0 aliphatic rings. The predicted molar refractivity (Wildman–Crippen MR) is 96.3 cm³/mol. The zero-order valence-electron chi connectivity index (χ0n) is 14.8. The average molecular weight is 405 g/mol. The quantitative estimate of drug-likeness (QED) is 0.479. The van der Waals surface area contributed by atoms with Crippen molar-refractivity contribution in [1.82, 2.24) is 14.6 Å². The molecular formula is C20H12F5N3O. The van der Waals surface area contributed by atoms with Gasteiger partial charge in [0.2, 0.25) is 0 Å². The number of rotatable bonds is 2. The summed E-state index contributed by atoms with van der Waals surface area (Å²) < 4.78 is 66.9. The molecule has 0 amide bonds. The molecule has 0 fully saturated rings. The number of halogens is 5. The summed E-state index contributed by atoms with van der Waals surface area (Å²) in [5.74, 6) is -1.63. The van der Waals surface area contributed by atoms with Crippen LogP contribution in [0.4, 0.5) is 22.0 Å². The molecule has 0 saturated heterocycles. The maximum atomic E-state index is 14.2. The molecule has 0 radical (unpaired) electrons. The normalized spacial score (nSPS) is 11.9. The fourth-order valence-electron chi connectivity index (χ4n) is 3.17. The van der Waals surface area contributed by atoms with Gasteiger partial charge in [-0.15, -0.1) is 0 Å². The standard InChI is InChI=1S/C20H12F5N3O/c1-10-18(11-2-4-12(5-3-11)20(23,24)25)19-26-16(9-17(29)28(19)27-10)14-7-6-13(21)8-15(14)22/h2-9,26H,1H3. The molecule has 0 spiro atoms. The molecule has 1 N–H and O–H groups in total. The highest BCUT2D eigenvalue weighted by molar-refractivity contribution is 5.81. The number of nitrogens with zero attached hydrogens (tertiary/aromatic N) is 2. The van der Waals surface area contributed by atoms with Crippen LogP contribution in [-0.4, -0.2) is 14.6 Å². The summed E-state index contributed by atoms with van der Waals surface area (Å²) in [5.41, 5.74) is 0.0781. The Hall–Kier alpha value is -3.49. The highest BCUT2D eigenvalue weighted by Gasteiger charge is 2.30. The number of nitrogens with one attached hydrogen (secondary N) is 1. The fraction of sp³-hybridized carbons (Fsp3) is 0.100. The van der Waals surface area contributed by atoms with Crippen LogP contribution in [0.3, 0.4) is 0 Å². The zero-order chi connectivity index (χ0) is 20.9. The third-order valence-electron chi connectivity index (χ3n) is 4.51. The fourth-order valence-corrected chi connectivity index (χ4v) is 3.17. The van der Waals surface area contributed by atoms with Crippen molar-refractivity contribution in [3.8, 4) is 22.4 Å². The van der Waals surface area contributed by atoms with Gasteiger partial charge >= 0.3 is 6.18 Å². The van der Waals surface area contributed by atoms with Crippen LogP contribution in [0.5, 0.6) is 0 Å². The Morgan fingerprint density at radius 1 is 1.00 bits per heavy atom. The molecule has 29 heavy (non-hydrogen) atoms. The van der Waals surface area contributed by atoms with E-state index in [0.717, 1.165) is 28.8 Å². The largest absolute Gasteiger partial charge is 0.416 e. The number of alkyl halides is 3. The molecule has 2 aromatic carbocycles. The van der Waals surface area contributed by atoms with Crippen molar-refractivity contribution in [2.45, 2.75) is 13.1 Å². The van der Waals surface area contributed by atoms with E-state index in [4.69, 9.17) is 0 Å². The van der Waals surface area contributed by atoms with Gasteiger partial charge in [-0.1, -0.05) is 12.1 Å². The lowest BCUT2D eigenvalue weighted by Gasteiger charge is -2.08. The Labute approximate surface area is 160 Å². The number of aromatic amines is 1. The first-order valence-electron chi connectivity index (χ1n) is 8.41. The minimum Gasteiger partial charge on any atom is -0.339 e. The van der Waals surface area contributed by atoms with Gasteiger partial charge in [-0.25, -0.2) is 8.78 Å². The van der Waals surface area contributed by atoms with Crippen LogP contribution in [0.2, 0.25) is 0 Å². The summed E-state index contributed by atoms with van der Waals surface area (Å²) in [7, 11) is 0. The Morgan fingerprint density at radius 2 is 1.69 bits per heavy atom. The first-order chi connectivity index (χ1) is 13.6. The van der Waals surface area contributed by atoms with Gasteiger partial charge < -0.3 is 4.98 Å². The van der Waals surface area contributed by atoms with E-state index in [1.807, 2.05) is 0 Å². The van der Waals surface area contributed by atoms with Crippen molar-refractivity contribution in [1.29, 1.82) is 0 Å². The van der Waals surface area contributed by atoms with Crippen LogP contribution >= 0.6 is 0 Å². The van der Waals surface area contributed by atoms with E-state index in [9.17, 15) is 26.7 Å². The number of hydrogen-bond donors (Lipinski definition) is 1. The lowest BCUT2D eigenvalue weighted by molar-refractivity contribution is -0.137. The smallest absolute Gasteiger partial charge is 0.339 e. The van der Waals surface area contributed by atoms with Gasteiger partial charge in [-0.05, 0) is 36.8 Å². The van der Waals surface area contributed by atoms with Crippen molar-refractivity contribution in [2.24, 2.45) is 0 Å². The molecule has 4 nitrogen and oxygen atoms in total. The second-order valence-electron chi connectivity index (χ2n) is 6.44. The first kappa shape index (κ1) is 18.9. The lowest BCUT2D eigenvalue weighted by Crippen LogP contribution is -2.14. The predicted octanol–water partition coefficient (Wildman–Crippen LogP) is 4.96. The van der Waals surface area contributed by atoms with E-state index < -0.39 is 28.9 Å². The number of aryl methyl sites for hydroxylation is 1. The van der Waals surface area contributed by atoms with Gasteiger partial charge in [0.25, 0.3) is 5.56 Å². The van der Waals surface area contributed by atoms with Gasteiger partial charge in [0, 0.05) is 23.3 Å². The van der Waals surface area contributed by atoms with Crippen molar-refractivity contribution < 1.29 is 22.0 Å². The zero-order valence-corrected chi connectivity index (χ0v) is 14.8. The number of aromatic nitrogens is 3. The van der Waals surface area contributed by atoms with E-state index in [0.29, 0.717) is 22.9 Å². The SMILES string of the molecule is Cc1nn2c(=O)cc(-c3ccc(F)cc3F)[nH]c2c1-c1ccc(C(F)(F)F)cc1. The summed E-state index contributed by atoms with van der Waals surface area (Å²) in [4.78, 5) is 15.4. The Kier molecular flexibility index (Phi) is 4.25. The van der Waals surface area contributed by atoms with Gasteiger partial charge in [0.1, 0.15) is 17.3 Å². The van der Waals surface area contributed by atoms with Crippen molar-refractivity contribution in [2.75, 3.05) is 0 Å². The number of hydrogen-bond acceptors (Lipinski definition) is 2. The molecule has 4 aromatic rings. The summed E-state index contributed by atoms with van der Waals surface area (Å²) in [5, 5.41) is 4.13. The molecule has 9 heteroatoms. The Balaban J connectivity index is 1.92. The molecule has 0 aliphatic heterocycles. The molecule has 0 aliphatic carbocycles. The van der Waals surface area contributed by atoms with Gasteiger partial charge in [-0.3, -0.25) is 4.79 Å². The molecule has 0 atom stereocenters. The van der Waals surface area contributed by atoms with Gasteiger partial charge in [0.15, 0.2) is 0 Å². The summed E-state index contributed by atoms with van der Waals surface area (Å²) in [6.45, 7) is 1.60. The van der Waals surface area contributed by atoms with Crippen molar-refractivity contribution in [3.05, 3.63) is 81.8 Å². The van der Waals surface area contributed by atoms with Crippen molar-refractivity contribution >= 4 is 5.65 Å². The second-order valence-corrected chi connectivity index (χ2v) is 6.44. The molecule has 2 aromatic heterocycles. The first-order valence-corrected chi connectivity index (χ1v) is 8.41. The molecule has 0 saturated carbocycles. The van der Waals surface area contributed by atoms with Gasteiger partial charge in [0.05, 0.1) is 17.0 Å². The summed E-state index contributed by atoms with van der Waals surface area (Å²) in [6.07, 6.45) is -4.48. The van der Waals surface area contributed by atoms with Crippen molar-refractivity contribution in [3.63, 3.8) is 0 Å². The summed E-state index contributed by atoms with van der Waals surface area (Å²) in [6, 6.07) is 8.46. The molecule has 0 unspecified atom stereocenters. The highest BCUT2D eigenvalue weighted by Crippen LogP contribution is 2.33. The molecule has 0 bridgehead atoms. The third kappa shape index (κ3) is 3.28. The molecule has 148 valence electrons. The average Bonchev–Trinajstić information content (AvgIpc) is 2.97. The molecular weight excluding hydrogens is 393 g/mol.